The topological polar surface area (TPSA) is 61.2 Å². The van der Waals surface area contributed by atoms with E-state index in [1.54, 1.807) is 48.3 Å². The van der Waals surface area contributed by atoms with Gasteiger partial charge in [-0.15, -0.1) is 0 Å². The molecule has 0 unspecified atom stereocenters. The lowest BCUT2D eigenvalue weighted by Gasteiger charge is -2.11. The molecule has 0 atom stereocenters. The van der Waals surface area contributed by atoms with Gasteiger partial charge in [0.05, 0.1) is 30.1 Å². The molecule has 0 saturated heterocycles. The SMILES string of the molecule is C=C/C=C\n1ncc(C(=O)Cc2cc(C)c(C(=O)OC)cc2Cl)c1C(C)C. The molecule has 0 bridgehead atoms. The first kappa shape index (κ1) is 20.6. The zero-order valence-electron chi connectivity index (χ0n) is 16.0. The van der Waals surface area contributed by atoms with E-state index in [0.29, 0.717) is 27.3 Å². The summed E-state index contributed by atoms with van der Waals surface area (Å²) < 4.78 is 6.44. The van der Waals surface area contributed by atoms with Crippen LogP contribution in [0.15, 0.2) is 37.1 Å². The second-order valence-electron chi connectivity index (χ2n) is 6.47. The summed E-state index contributed by atoms with van der Waals surface area (Å²) in [6, 6.07) is 3.30. The maximum absolute atomic E-state index is 12.9. The monoisotopic (exact) mass is 386 g/mol. The molecule has 0 N–H and O–H groups in total. The standard InChI is InChI=1S/C21H23ClN2O3/c1-6-7-8-24-20(13(2)3)17(12-23-24)19(25)10-15-9-14(4)16(11-18(15)22)21(26)27-5/h6-9,11-13H,1,10H2,2-5H3/b8-7-. The van der Waals surface area contributed by atoms with Gasteiger partial charge in [-0.3, -0.25) is 4.79 Å². The normalized spacial score (nSPS) is 11.2. The number of halogens is 1. The van der Waals surface area contributed by atoms with Crippen molar-refractivity contribution < 1.29 is 14.3 Å². The second-order valence-corrected chi connectivity index (χ2v) is 6.88. The smallest absolute Gasteiger partial charge is 0.338 e. The van der Waals surface area contributed by atoms with Crippen molar-refractivity contribution >= 4 is 29.6 Å². The van der Waals surface area contributed by atoms with Gasteiger partial charge >= 0.3 is 5.97 Å². The van der Waals surface area contributed by atoms with Crippen molar-refractivity contribution in [1.82, 2.24) is 9.78 Å². The van der Waals surface area contributed by atoms with E-state index in [2.05, 4.69) is 11.7 Å². The number of ether oxygens (including phenoxy) is 1. The number of benzene rings is 1. The molecular formula is C21H23ClN2O3. The van der Waals surface area contributed by atoms with Crippen molar-refractivity contribution in [1.29, 1.82) is 0 Å². The number of ketones is 1. The van der Waals surface area contributed by atoms with Crippen molar-refractivity contribution in [2.45, 2.75) is 33.1 Å². The Morgan fingerprint density at radius 3 is 2.63 bits per heavy atom. The van der Waals surface area contributed by atoms with Crippen LogP contribution in [0, 0.1) is 6.92 Å². The summed E-state index contributed by atoms with van der Waals surface area (Å²) in [5.74, 6) is -0.423. The molecule has 142 valence electrons. The van der Waals surface area contributed by atoms with Crippen LogP contribution in [-0.2, 0) is 11.2 Å². The minimum atomic E-state index is -0.454. The summed E-state index contributed by atoms with van der Waals surface area (Å²) in [6.07, 6.45) is 6.88. The van der Waals surface area contributed by atoms with Gasteiger partial charge in [-0.25, -0.2) is 9.48 Å². The Bertz CT molecular complexity index is 910. The molecule has 0 aliphatic heterocycles. The van der Waals surface area contributed by atoms with Crippen LogP contribution in [0.25, 0.3) is 6.20 Å². The van der Waals surface area contributed by atoms with Gasteiger partial charge in [-0.05, 0) is 36.1 Å². The van der Waals surface area contributed by atoms with E-state index < -0.39 is 5.97 Å². The summed E-state index contributed by atoms with van der Waals surface area (Å²) in [4.78, 5) is 24.7. The number of hydrogen-bond donors (Lipinski definition) is 0. The van der Waals surface area contributed by atoms with Crippen molar-refractivity contribution in [2.75, 3.05) is 7.11 Å². The lowest BCUT2D eigenvalue weighted by Crippen LogP contribution is -2.10. The predicted octanol–water partition coefficient (Wildman–Crippen LogP) is 4.84. The molecule has 0 radical (unpaired) electrons. The maximum atomic E-state index is 12.9. The summed E-state index contributed by atoms with van der Waals surface area (Å²) in [6.45, 7) is 9.45. The Labute approximate surface area is 164 Å². The lowest BCUT2D eigenvalue weighted by molar-refractivity contribution is 0.0600. The fourth-order valence-electron chi connectivity index (χ4n) is 2.90. The molecule has 0 amide bonds. The molecule has 6 heteroatoms. The molecule has 0 aliphatic rings. The number of methoxy groups -OCH3 is 1. The Hall–Kier alpha value is -2.66. The first-order valence-electron chi connectivity index (χ1n) is 8.57. The quantitative estimate of drug-likeness (QED) is 0.388. The van der Waals surface area contributed by atoms with Crippen LogP contribution in [0.5, 0.6) is 0 Å². The number of nitrogens with zero attached hydrogens (tertiary/aromatic N) is 2. The molecule has 5 nitrogen and oxygen atoms in total. The molecule has 2 rings (SSSR count). The Balaban J connectivity index is 2.37. The van der Waals surface area contributed by atoms with Crippen LogP contribution >= 0.6 is 11.6 Å². The summed E-state index contributed by atoms with van der Waals surface area (Å²) in [5.41, 5.74) is 3.16. The summed E-state index contributed by atoms with van der Waals surface area (Å²) >= 11 is 6.31. The number of hydrogen-bond acceptors (Lipinski definition) is 4. The van der Waals surface area contributed by atoms with Gasteiger partial charge in [0.2, 0.25) is 0 Å². The van der Waals surface area contributed by atoms with E-state index in [4.69, 9.17) is 16.3 Å². The zero-order chi connectivity index (χ0) is 20.1. The number of aryl methyl sites for hydroxylation is 1. The molecule has 0 fully saturated rings. The van der Waals surface area contributed by atoms with Crippen molar-refractivity contribution in [3.05, 3.63) is 70.0 Å². The van der Waals surface area contributed by atoms with Gasteiger partial charge in [-0.1, -0.05) is 44.2 Å². The first-order chi connectivity index (χ1) is 12.8. The summed E-state index contributed by atoms with van der Waals surface area (Å²) in [7, 11) is 1.32. The first-order valence-corrected chi connectivity index (χ1v) is 8.95. The molecule has 1 heterocycles. The molecule has 0 aliphatic carbocycles. The van der Waals surface area contributed by atoms with Gasteiger partial charge in [-0.2, -0.15) is 5.10 Å². The van der Waals surface area contributed by atoms with E-state index >= 15 is 0 Å². The van der Waals surface area contributed by atoms with Gasteiger partial charge < -0.3 is 4.74 Å². The van der Waals surface area contributed by atoms with Crippen LogP contribution in [0.2, 0.25) is 5.02 Å². The molecule has 0 spiro atoms. The van der Waals surface area contributed by atoms with Crippen molar-refractivity contribution in [3.63, 3.8) is 0 Å². The average Bonchev–Trinajstić information content (AvgIpc) is 3.06. The van der Waals surface area contributed by atoms with E-state index in [1.165, 1.54) is 7.11 Å². The molecule has 2 aromatic rings. The third-order valence-corrected chi connectivity index (χ3v) is 4.55. The molecule has 1 aromatic heterocycles. The highest BCUT2D eigenvalue weighted by Gasteiger charge is 2.21. The van der Waals surface area contributed by atoms with E-state index in [9.17, 15) is 9.59 Å². The highest BCUT2D eigenvalue weighted by Crippen LogP contribution is 2.26. The fraction of sp³-hybridized carbons (Fsp3) is 0.286. The minimum Gasteiger partial charge on any atom is -0.465 e. The highest BCUT2D eigenvalue weighted by molar-refractivity contribution is 6.32. The summed E-state index contributed by atoms with van der Waals surface area (Å²) in [5, 5.41) is 4.65. The third kappa shape index (κ3) is 4.55. The zero-order valence-corrected chi connectivity index (χ0v) is 16.7. The van der Waals surface area contributed by atoms with E-state index in [-0.39, 0.29) is 18.1 Å². The van der Waals surface area contributed by atoms with Crippen molar-refractivity contribution in [2.24, 2.45) is 0 Å². The molecule has 0 saturated carbocycles. The van der Waals surface area contributed by atoms with Crippen LogP contribution in [0.3, 0.4) is 0 Å². The number of esters is 1. The number of Topliss-reactive ketones (excluding diaryl/α,β-unsaturated/α-hetero) is 1. The fourth-order valence-corrected chi connectivity index (χ4v) is 3.13. The van der Waals surface area contributed by atoms with E-state index in [0.717, 1.165) is 5.69 Å². The third-order valence-electron chi connectivity index (χ3n) is 4.19. The average molecular weight is 387 g/mol. The minimum absolute atomic E-state index is 0.0796. The largest absolute Gasteiger partial charge is 0.465 e. The second kappa shape index (κ2) is 8.82. The molecule has 27 heavy (non-hydrogen) atoms. The van der Waals surface area contributed by atoms with Crippen LogP contribution in [0.1, 0.15) is 57.3 Å². The Morgan fingerprint density at radius 1 is 1.33 bits per heavy atom. The Kier molecular flexibility index (Phi) is 6.75. The van der Waals surface area contributed by atoms with Crippen LogP contribution in [0.4, 0.5) is 0 Å². The van der Waals surface area contributed by atoms with Crippen molar-refractivity contribution in [3.8, 4) is 0 Å². The molecule has 1 aromatic carbocycles. The van der Waals surface area contributed by atoms with Gasteiger partial charge in [0.15, 0.2) is 5.78 Å². The number of aromatic nitrogens is 2. The lowest BCUT2D eigenvalue weighted by atomic mass is 9.96. The van der Waals surface area contributed by atoms with Gasteiger partial charge in [0, 0.05) is 17.6 Å². The number of carbonyl (C=O) groups is 2. The highest BCUT2D eigenvalue weighted by atomic mass is 35.5. The van der Waals surface area contributed by atoms with Crippen LogP contribution in [-0.4, -0.2) is 28.6 Å². The van der Waals surface area contributed by atoms with Gasteiger partial charge in [0.25, 0.3) is 0 Å². The number of allylic oxidation sites excluding steroid dienone is 2. The maximum Gasteiger partial charge on any atom is 0.338 e. The Morgan fingerprint density at radius 2 is 2.04 bits per heavy atom. The van der Waals surface area contributed by atoms with Crippen LogP contribution < -0.4 is 0 Å². The number of carbonyl (C=O) groups excluding carboxylic acids is 2. The van der Waals surface area contributed by atoms with Gasteiger partial charge in [0.1, 0.15) is 0 Å². The predicted molar refractivity (Wildman–Crippen MR) is 107 cm³/mol. The number of rotatable bonds is 7. The van der Waals surface area contributed by atoms with E-state index in [1.807, 2.05) is 13.8 Å². The molecular weight excluding hydrogens is 364 g/mol.